The summed E-state index contributed by atoms with van der Waals surface area (Å²) in [5, 5.41) is 4.28. The number of aromatic nitrogens is 1. The van der Waals surface area contributed by atoms with Gasteiger partial charge in [0.2, 0.25) is 0 Å². The highest BCUT2D eigenvalue weighted by Gasteiger charge is 2.16. The molecule has 2 heterocycles. The van der Waals surface area contributed by atoms with Crippen molar-refractivity contribution in [3.05, 3.63) is 59.4 Å². The van der Waals surface area contributed by atoms with E-state index in [2.05, 4.69) is 71.2 Å². The maximum Gasteiger partial charge on any atom is 0.173 e. The van der Waals surface area contributed by atoms with Gasteiger partial charge in [0, 0.05) is 50.8 Å². The zero-order valence-corrected chi connectivity index (χ0v) is 18.5. The summed E-state index contributed by atoms with van der Waals surface area (Å²) in [6.07, 6.45) is 3.67. The van der Waals surface area contributed by atoms with Crippen LogP contribution in [0, 0.1) is 6.92 Å². The molecule has 0 bridgehead atoms. The molecule has 156 valence electrons. The summed E-state index contributed by atoms with van der Waals surface area (Å²) in [6.45, 7) is 12.8. The molecule has 1 N–H and O–H groups in total. The molecule has 0 saturated carbocycles. The molecular formula is C23H32N4OS. The fourth-order valence-electron chi connectivity index (χ4n) is 3.66. The second-order valence-corrected chi connectivity index (χ2v) is 8.22. The second kappa shape index (κ2) is 10.7. The monoisotopic (exact) mass is 412 g/mol. The minimum atomic E-state index is 0.486. The number of hydrogen-bond acceptors (Lipinski definition) is 4. The second-order valence-electron chi connectivity index (χ2n) is 7.84. The van der Waals surface area contributed by atoms with Crippen LogP contribution < -0.4 is 5.32 Å². The number of morpholine rings is 1. The first kappa shape index (κ1) is 21.7. The van der Waals surface area contributed by atoms with Crippen molar-refractivity contribution in [1.82, 2.24) is 14.8 Å². The number of nitrogens with one attached hydrogen (secondary N) is 1. The van der Waals surface area contributed by atoms with E-state index in [0.29, 0.717) is 5.92 Å². The summed E-state index contributed by atoms with van der Waals surface area (Å²) in [5.74, 6) is 0.486. The van der Waals surface area contributed by atoms with E-state index in [1.54, 1.807) is 0 Å². The fourth-order valence-corrected chi connectivity index (χ4v) is 3.92. The van der Waals surface area contributed by atoms with Crippen molar-refractivity contribution in [2.24, 2.45) is 0 Å². The number of thiocarbonyl (C=S) groups is 1. The highest BCUT2D eigenvalue weighted by atomic mass is 32.1. The van der Waals surface area contributed by atoms with E-state index in [1.807, 2.05) is 12.4 Å². The van der Waals surface area contributed by atoms with E-state index < -0.39 is 0 Å². The van der Waals surface area contributed by atoms with Crippen molar-refractivity contribution in [2.45, 2.75) is 33.2 Å². The number of rotatable bonds is 7. The Kier molecular flexibility index (Phi) is 7.98. The van der Waals surface area contributed by atoms with Gasteiger partial charge in [0.25, 0.3) is 0 Å². The Hall–Kier alpha value is -2.02. The zero-order chi connectivity index (χ0) is 20.6. The molecule has 3 rings (SSSR count). The molecule has 29 heavy (non-hydrogen) atoms. The smallest absolute Gasteiger partial charge is 0.173 e. The SMILES string of the molecule is Cc1c(NC(=S)N(CCN2CCOCC2)Cc2ccncc2)cccc1C(C)C. The molecule has 5 nitrogen and oxygen atoms in total. The number of nitrogens with zero attached hydrogens (tertiary/aromatic N) is 3. The Labute approximate surface area is 180 Å². The minimum Gasteiger partial charge on any atom is -0.379 e. The Morgan fingerprint density at radius 1 is 1.21 bits per heavy atom. The van der Waals surface area contributed by atoms with Crippen LogP contribution in [0.25, 0.3) is 0 Å². The minimum absolute atomic E-state index is 0.486. The van der Waals surface area contributed by atoms with Crippen molar-refractivity contribution >= 4 is 23.0 Å². The zero-order valence-electron chi connectivity index (χ0n) is 17.7. The molecule has 0 unspecified atom stereocenters. The molecular weight excluding hydrogens is 380 g/mol. The van der Waals surface area contributed by atoms with E-state index in [-0.39, 0.29) is 0 Å². The fraction of sp³-hybridized carbons (Fsp3) is 0.478. The van der Waals surface area contributed by atoms with Crippen LogP contribution in [0.15, 0.2) is 42.7 Å². The lowest BCUT2D eigenvalue weighted by Crippen LogP contribution is -2.44. The van der Waals surface area contributed by atoms with Crippen molar-refractivity contribution in [3.8, 4) is 0 Å². The van der Waals surface area contributed by atoms with Gasteiger partial charge < -0.3 is 15.0 Å². The maximum atomic E-state index is 5.85. The van der Waals surface area contributed by atoms with Crippen LogP contribution in [-0.4, -0.2) is 59.3 Å². The Morgan fingerprint density at radius 3 is 2.62 bits per heavy atom. The molecule has 1 saturated heterocycles. The lowest BCUT2D eigenvalue weighted by Gasteiger charge is -2.32. The van der Waals surface area contributed by atoms with Gasteiger partial charge in [-0.1, -0.05) is 26.0 Å². The first-order chi connectivity index (χ1) is 14.0. The summed E-state index contributed by atoms with van der Waals surface area (Å²) >= 11 is 5.85. The third-order valence-electron chi connectivity index (χ3n) is 5.44. The molecule has 0 radical (unpaired) electrons. The molecule has 1 aromatic heterocycles. The van der Waals surface area contributed by atoms with Crippen LogP contribution in [-0.2, 0) is 11.3 Å². The quantitative estimate of drug-likeness (QED) is 0.692. The van der Waals surface area contributed by atoms with Gasteiger partial charge in [-0.3, -0.25) is 9.88 Å². The number of anilines is 1. The lowest BCUT2D eigenvalue weighted by atomic mass is 9.97. The molecule has 0 amide bonds. The summed E-state index contributed by atoms with van der Waals surface area (Å²) < 4.78 is 5.47. The van der Waals surface area contributed by atoms with E-state index in [0.717, 1.165) is 56.7 Å². The Morgan fingerprint density at radius 2 is 1.93 bits per heavy atom. The van der Waals surface area contributed by atoms with Gasteiger partial charge in [0.05, 0.1) is 13.2 Å². The molecule has 0 spiro atoms. The normalized spacial score (nSPS) is 14.8. The van der Waals surface area contributed by atoms with Crippen LogP contribution in [0.1, 0.15) is 36.5 Å². The standard InChI is InChI=1S/C23H32N4OS/c1-18(2)21-5-4-6-22(19(21)3)25-23(29)27(17-20-7-9-24-10-8-20)12-11-26-13-15-28-16-14-26/h4-10,18H,11-17H2,1-3H3,(H,25,29). The third kappa shape index (κ3) is 6.23. The predicted molar refractivity (Wildman–Crippen MR) is 123 cm³/mol. The molecule has 1 aromatic carbocycles. The molecule has 6 heteroatoms. The van der Waals surface area contributed by atoms with Gasteiger partial charge in [-0.05, 0) is 59.9 Å². The first-order valence-electron chi connectivity index (χ1n) is 10.4. The maximum absolute atomic E-state index is 5.85. The van der Waals surface area contributed by atoms with Gasteiger partial charge in [0.1, 0.15) is 0 Å². The predicted octanol–water partition coefficient (Wildman–Crippen LogP) is 4.04. The lowest BCUT2D eigenvalue weighted by molar-refractivity contribution is 0.0358. The van der Waals surface area contributed by atoms with Gasteiger partial charge in [0.15, 0.2) is 5.11 Å². The van der Waals surface area contributed by atoms with Crippen LogP contribution in [0.4, 0.5) is 5.69 Å². The highest BCUT2D eigenvalue weighted by molar-refractivity contribution is 7.80. The van der Waals surface area contributed by atoms with Gasteiger partial charge in [-0.25, -0.2) is 0 Å². The molecule has 1 fully saturated rings. The van der Waals surface area contributed by atoms with Gasteiger partial charge in [-0.15, -0.1) is 0 Å². The molecule has 2 aromatic rings. The highest BCUT2D eigenvalue weighted by Crippen LogP contribution is 2.25. The van der Waals surface area contributed by atoms with E-state index in [9.17, 15) is 0 Å². The van der Waals surface area contributed by atoms with Crippen molar-refractivity contribution in [3.63, 3.8) is 0 Å². The summed E-state index contributed by atoms with van der Waals surface area (Å²) in [5.41, 5.74) is 4.92. The van der Waals surface area contributed by atoms with Crippen LogP contribution in [0.3, 0.4) is 0 Å². The number of hydrogen-bond donors (Lipinski definition) is 1. The Bertz CT molecular complexity index is 791. The Balaban J connectivity index is 1.71. The van der Waals surface area contributed by atoms with Crippen molar-refractivity contribution < 1.29 is 4.74 Å². The molecule has 1 aliphatic rings. The number of ether oxygens (including phenoxy) is 1. The van der Waals surface area contributed by atoms with Crippen molar-refractivity contribution in [1.29, 1.82) is 0 Å². The topological polar surface area (TPSA) is 40.6 Å². The molecule has 0 atom stereocenters. The van der Waals surface area contributed by atoms with Crippen LogP contribution >= 0.6 is 12.2 Å². The van der Waals surface area contributed by atoms with E-state index in [1.165, 1.54) is 16.7 Å². The third-order valence-corrected chi connectivity index (χ3v) is 5.80. The van der Waals surface area contributed by atoms with Gasteiger partial charge in [-0.2, -0.15) is 0 Å². The van der Waals surface area contributed by atoms with E-state index in [4.69, 9.17) is 17.0 Å². The summed E-state index contributed by atoms with van der Waals surface area (Å²) in [6, 6.07) is 10.5. The average Bonchev–Trinajstić information content (AvgIpc) is 2.73. The molecule has 0 aliphatic carbocycles. The van der Waals surface area contributed by atoms with E-state index >= 15 is 0 Å². The summed E-state index contributed by atoms with van der Waals surface area (Å²) in [7, 11) is 0. The largest absolute Gasteiger partial charge is 0.379 e. The summed E-state index contributed by atoms with van der Waals surface area (Å²) in [4.78, 5) is 8.83. The molecule has 1 aliphatic heterocycles. The van der Waals surface area contributed by atoms with Crippen molar-refractivity contribution in [2.75, 3.05) is 44.7 Å². The van der Waals surface area contributed by atoms with Crippen LogP contribution in [0.2, 0.25) is 0 Å². The first-order valence-corrected chi connectivity index (χ1v) is 10.8. The number of pyridine rings is 1. The van der Waals surface area contributed by atoms with Crippen LogP contribution in [0.5, 0.6) is 0 Å². The van der Waals surface area contributed by atoms with Gasteiger partial charge >= 0.3 is 0 Å². The average molecular weight is 413 g/mol. The number of benzene rings is 1.